The molecular formula is C21H26N2O4S. The standard InChI is InChI=1S/C21H26N2O4S/c1-3-17-9-10-19(21(24)22-16(2)18-7-5-4-6-8-18)15-20(17)28(25,26)23-11-13-27-14-12-23/h4-10,15-16H,3,11-14H2,1-2H3,(H,22,24). The fourth-order valence-corrected chi connectivity index (χ4v) is 4.99. The molecule has 1 amide bonds. The Balaban J connectivity index is 1.87. The summed E-state index contributed by atoms with van der Waals surface area (Å²) in [6, 6.07) is 14.4. The summed E-state index contributed by atoms with van der Waals surface area (Å²) in [7, 11) is -3.67. The van der Waals surface area contributed by atoms with Crippen LogP contribution in [0.4, 0.5) is 0 Å². The van der Waals surface area contributed by atoms with Crippen LogP contribution in [0.2, 0.25) is 0 Å². The minimum absolute atomic E-state index is 0.182. The largest absolute Gasteiger partial charge is 0.379 e. The molecule has 0 bridgehead atoms. The number of aryl methyl sites for hydroxylation is 1. The summed E-state index contributed by atoms with van der Waals surface area (Å²) < 4.78 is 32.9. The molecule has 1 unspecified atom stereocenters. The van der Waals surface area contributed by atoms with Crippen LogP contribution in [0.5, 0.6) is 0 Å². The second-order valence-electron chi connectivity index (χ2n) is 6.80. The van der Waals surface area contributed by atoms with Gasteiger partial charge in [0.2, 0.25) is 10.0 Å². The molecule has 1 aliphatic heterocycles. The lowest BCUT2D eigenvalue weighted by Gasteiger charge is -2.27. The molecule has 28 heavy (non-hydrogen) atoms. The van der Waals surface area contributed by atoms with Gasteiger partial charge in [-0.25, -0.2) is 8.42 Å². The zero-order valence-corrected chi connectivity index (χ0v) is 17.0. The quantitative estimate of drug-likeness (QED) is 0.806. The van der Waals surface area contributed by atoms with Gasteiger partial charge in [-0.2, -0.15) is 4.31 Å². The van der Waals surface area contributed by atoms with Crippen molar-refractivity contribution in [1.82, 2.24) is 9.62 Å². The molecule has 0 saturated carbocycles. The van der Waals surface area contributed by atoms with Crippen molar-refractivity contribution < 1.29 is 17.9 Å². The minimum atomic E-state index is -3.67. The molecule has 6 nitrogen and oxygen atoms in total. The number of hydrogen-bond acceptors (Lipinski definition) is 4. The van der Waals surface area contributed by atoms with Gasteiger partial charge < -0.3 is 10.1 Å². The summed E-state index contributed by atoms with van der Waals surface area (Å²) in [6.07, 6.45) is 0.571. The summed E-state index contributed by atoms with van der Waals surface area (Å²) in [6.45, 7) is 5.23. The summed E-state index contributed by atoms with van der Waals surface area (Å²) >= 11 is 0. The topological polar surface area (TPSA) is 75.7 Å². The Morgan fingerprint density at radius 1 is 1.14 bits per heavy atom. The van der Waals surface area contributed by atoms with Crippen LogP contribution < -0.4 is 5.32 Å². The fourth-order valence-electron chi connectivity index (χ4n) is 3.26. The Hall–Kier alpha value is -2.22. The highest BCUT2D eigenvalue weighted by atomic mass is 32.2. The van der Waals surface area contributed by atoms with Gasteiger partial charge in [0.05, 0.1) is 24.2 Å². The van der Waals surface area contributed by atoms with Crippen LogP contribution in [0, 0.1) is 0 Å². The number of sulfonamides is 1. The highest BCUT2D eigenvalue weighted by Gasteiger charge is 2.29. The van der Waals surface area contributed by atoms with Crippen LogP contribution in [0.25, 0.3) is 0 Å². The predicted octanol–water partition coefficient (Wildman–Crippen LogP) is 2.76. The number of nitrogens with one attached hydrogen (secondary N) is 1. The van der Waals surface area contributed by atoms with E-state index in [1.807, 2.05) is 44.2 Å². The van der Waals surface area contributed by atoms with Crippen molar-refractivity contribution in [2.45, 2.75) is 31.2 Å². The normalized spacial score (nSPS) is 16.5. The minimum Gasteiger partial charge on any atom is -0.379 e. The highest BCUT2D eigenvalue weighted by Crippen LogP contribution is 2.24. The summed E-state index contributed by atoms with van der Waals surface area (Å²) in [5, 5.41) is 2.94. The van der Waals surface area contributed by atoms with Crippen LogP contribution in [-0.2, 0) is 21.2 Å². The Morgan fingerprint density at radius 3 is 2.46 bits per heavy atom. The maximum Gasteiger partial charge on any atom is 0.251 e. The van der Waals surface area contributed by atoms with Gasteiger partial charge in [-0.3, -0.25) is 4.79 Å². The Labute approximate surface area is 166 Å². The second-order valence-corrected chi connectivity index (χ2v) is 8.70. The molecular weight excluding hydrogens is 376 g/mol. The van der Waals surface area contributed by atoms with Crippen molar-refractivity contribution in [3.8, 4) is 0 Å². The molecule has 2 aromatic carbocycles. The Kier molecular flexibility index (Phi) is 6.49. The lowest BCUT2D eigenvalue weighted by molar-refractivity contribution is 0.0730. The molecule has 150 valence electrons. The van der Waals surface area contributed by atoms with Crippen LogP contribution in [0.3, 0.4) is 0 Å². The van der Waals surface area contributed by atoms with Crippen LogP contribution >= 0.6 is 0 Å². The van der Waals surface area contributed by atoms with Gasteiger partial charge in [0.15, 0.2) is 0 Å². The molecule has 7 heteroatoms. The molecule has 1 N–H and O–H groups in total. The smallest absolute Gasteiger partial charge is 0.251 e. The van der Waals surface area contributed by atoms with Crippen molar-refractivity contribution in [3.05, 3.63) is 65.2 Å². The van der Waals surface area contributed by atoms with E-state index in [1.165, 1.54) is 10.4 Å². The zero-order chi connectivity index (χ0) is 20.1. The van der Waals surface area contributed by atoms with Gasteiger partial charge in [-0.05, 0) is 36.6 Å². The number of morpholine rings is 1. The summed E-state index contributed by atoms with van der Waals surface area (Å²) in [5.41, 5.74) is 2.04. The van der Waals surface area contributed by atoms with Crippen molar-refractivity contribution in [3.63, 3.8) is 0 Å². The Bertz CT molecular complexity index is 923. The van der Waals surface area contributed by atoms with E-state index in [-0.39, 0.29) is 16.8 Å². The van der Waals surface area contributed by atoms with Crippen LogP contribution in [0.15, 0.2) is 53.4 Å². The third-order valence-electron chi connectivity index (χ3n) is 4.95. The molecule has 1 saturated heterocycles. The predicted molar refractivity (Wildman–Crippen MR) is 108 cm³/mol. The first kappa shape index (κ1) is 20.5. The second kappa shape index (κ2) is 8.86. The molecule has 1 aliphatic rings. The van der Waals surface area contributed by atoms with Crippen molar-refractivity contribution >= 4 is 15.9 Å². The van der Waals surface area contributed by atoms with Gasteiger partial charge in [0.25, 0.3) is 5.91 Å². The number of ether oxygens (including phenoxy) is 1. The van der Waals surface area contributed by atoms with Crippen LogP contribution in [-0.4, -0.2) is 44.9 Å². The number of carbonyl (C=O) groups is 1. The third kappa shape index (κ3) is 4.43. The maximum atomic E-state index is 13.1. The number of benzene rings is 2. The first-order chi connectivity index (χ1) is 13.4. The van der Waals surface area contributed by atoms with E-state index >= 15 is 0 Å². The van der Waals surface area contributed by atoms with E-state index in [1.54, 1.807) is 12.1 Å². The van der Waals surface area contributed by atoms with E-state index in [9.17, 15) is 13.2 Å². The fraction of sp³-hybridized carbons (Fsp3) is 0.381. The summed E-state index contributed by atoms with van der Waals surface area (Å²) in [4.78, 5) is 12.9. The number of rotatable bonds is 6. The van der Waals surface area contributed by atoms with E-state index < -0.39 is 10.0 Å². The molecule has 1 atom stereocenters. The number of amides is 1. The molecule has 3 rings (SSSR count). The SMILES string of the molecule is CCc1ccc(C(=O)NC(C)c2ccccc2)cc1S(=O)(=O)N1CCOCC1. The first-order valence-electron chi connectivity index (χ1n) is 9.50. The first-order valence-corrected chi connectivity index (χ1v) is 10.9. The molecule has 0 spiro atoms. The number of nitrogens with zero attached hydrogens (tertiary/aromatic N) is 1. The number of hydrogen-bond donors (Lipinski definition) is 1. The van der Waals surface area contributed by atoms with Crippen molar-refractivity contribution in [2.75, 3.05) is 26.3 Å². The third-order valence-corrected chi connectivity index (χ3v) is 6.93. The van der Waals surface area contributed by atoms with Gasteiger partial charge in [-0.1, -0.05) is 43.3 Å². The molecule has 0 aromatic heterocycles. The summed E-state index contributed by atoms with van der Waals surface area (Å²) in [5.74, 6) is -0.294. The van der Waals surface area contributed by atoms with Gasteiger partial charge >= 0.3 is 0 Å². The Morgan fingerprint density at radius 2 is 1.82 bits per heavy atom. The maximum absolute atomic E-state index is 13.1. The van der Waals surface area contributed by atoms with E-state index in [0.717, 1.165) is 5.56 Å². The molecule has 2 aromatic rings. The van der Waals surface area contributed by atoms with Gasteiger partial charge in [0.1, 0.15) is 0 Å². The van der Waals surface area contributed by atoms with E-state index in [2.05, 4.69) is 5.32 Å². The molecule has 0 radical (unpaired) electrons. The van der Waals surface area contributed by atoms with Crippen molar-refractivity contribution in [2.24, 2.45) is 0 Å². The monoisotopic (exact) mass is 402 g/mol. The molecule has 0 aliphatic carbocycles. The van der Waals surface area contributed by atoms with Crippen molar-refractivity contribution in [1.29, 1.82) is 0 Å². The van der Waals surface area contributed by atoms with Crippen LogP contribution in [0.1, 0.15) is 41.4 Å². The number of carbonyl (C=O) groups excluding carboxylic acids is 1. The van der Waals surface area contributed by atoms with Gasteiger partial charge in [0, 0.05) is 18.7 Å². The highest BCUT2D eigenvalue weighted by molar-refractivity contribution is 7.89. The zero-order valence-electron chi connectivity index (χ0n) is 16.2. The lowest BCUT2D eigenvalue weighted by Crippen LogP contribution is -2.41. The average molecular weight is 403 g/mol. The van der Waals surface area contributed by atoms with Gasteiger partial charge in [-0.15, -0.1) is 0 Å². The lowest BCUT2D eigenvalue weighted by atomic mass is 10.1. The van der Waals surface area contributed by atoms with E-state index in [0.29, 0.717) is 43.9 Å². The van der Waals surface area contributed by atoms with E-state index in [4.69, 9.17) is 4.74 Å². The molecule has 1 fully saturated rings. The average Bonchev–Trinajstić information content (AvgIpc) is 2.74. The molecule has 1 heterocycles.